The predicted octanol–water partition coefficient (Wildman–Crippen LogP) is 3.15. The largest absolute Gasteiger partial charge is 0.363 e. The van der Waals surface area contributed by atoms with Crippen LogP contribution in [0.3, 0.4) is 0 Å². The van der Waals surface area contributed by atoms with E-state index in [-0.39, 0.29) is 6.04 Å². The van der Waals surface area contributed by atoms with Gasteiger partial charge in [-0.3, -0.25) is 0 Å². The Morgan fingerprint density at radius 1 is 1.17 bits per heavy atom. The van der Waals surface area contributed by atoms with Gasteiger partial charge in [0, 0.05) is 33.0 Å². The molecule has 2 N–H and O–H groups in total. The number of rotatable bonds is 7. The quantitative estimate of drug-likeness (QED) is 0.478. The van der Waals surface area contributed by atoms with Crippen LogP contribution in [-0.2, 0) is 6.54 Å². The summed E-state index contributed by atoms with van der Waals surface area (Å²) in [5.41, 5.74) is 3.13. The number of guanidine groups is 1. The minimum atomic E-state index is 0.0874. The summed E-state index contributed by atoms with van der Waals surface area (Å²) in [4.78, 5) is 11.3. The lowest BCUT2D eigenvalue weighted by molar-refractivity contribution is 0.684. The number of aromatic nitrogens is 3. The second-order valence-electron chi connectivity index (χ2n) is 6.99. The second kappa shape index (κ2) is 9.73. The third-order valence-corrected chi connectivity index (χ3v) is 4.49. The molecule has 3 rings (SSSR count). The molecule has 0 fully saturated rings. The highest BCUT2D eigenvalue weighted by Gasteiger charge is 2.09. The van der Waals surface area contributed by atoms with Crippen molar-refractivity contribution in [3.63, 3.8) is 0 Å². The van der Waals surface area contributed by atoms with Gasteiger partial charge < -0.3 is 15.5 Å². The SMILES string of the molecule is CCNC(=NCc1cccc(N(C)C)n1)NC(C)c1cccc(-n2cccn2)c1. The van der Waals surface area contributed by atoms with E-state index in [1.165, 1.54) is 0 Å². The molecule has 0 amide bonds. The van der Waals surface area contributed by atoms with Crippen LogP contribution in [0.1, 0.15) is 31.1 Å². The summed E-state index contributed by atoms with van der Waals surface area (Å²) in [6, 6.07) is 16.3. The Bertz CT molecular complexity index is 932. The maximum Gasteiger partial charge on any atom is 0.192 e. The van der Waals surface area contributed by atoms with E-state index in [1.807, 2.05) is 66.3 Å². The van der Waals surface area contributed by atoms with Crippen LogP contribution in [0.15, 0.2) is 65.9 Å². The van der Waals surface area contributed by atoms with E-state index in [9.17, 15) is 0 Å². The van der Waals surface area contributed by atoms with Gasteiger partial charge in [-0.25, -0.2) is 14.7 Å². The highest BCUT2D eigenvalue weighted by atomic mass is 15.3. The number of nitrogens with one attached hydrogen (secondary N) is 2. The molecule has 1 aromatic carbocycles. The van der Waals surface area contributed by atoms with E-state index in [0.717, 1.165) is 35.3 Å². The van der Waals surface area contributed by atoms with E-state index < -0.39 is 0 Å². The summed E-state index contributed by atoms with van der Waals surface area (Å²) < 4.78 is 1.86. The molecule has 152 valence electrons. The lowest BCUT2D eigenvalue weighted by Crippen LogP contribution is -2.38. The summed E-state index contributed by atoms with van der Waals surface area (Å²) in [6.07, 6.45) is 3.72. The molecule has 29 heavy (non-hydrogen) atoms. The Morgan fingerprint density at radius 3 is 2.72 bits per heavy atom. The van der Waals surface area contributed by atoms with Crippen LogP contribution < -0.4 is 15.5 Å². The highest BCUT2D eigenvalue weighted by molar-refractivity contribution is 5.80. The number of nitrogens with zero attached hydrogens (tertiary/aromatic N) is 5. The lowest BCUT2D eigenvalue weighted by Gasteiger charge is -2.19. The number of aliphatic imine (C=N–C) groups is 1. The molecule has 0 bridgehead atoms. The van der Waals surface area contributed by atoms with Gasteiger partial charge in [-0.1, -0.05) is 18.2 Å². The molecule has 0 spiro atoms. The number of hydrogen-bond acceptors (Lipinski definition) is 4. The van der Waals surface area contributed by atoms with E-state index in [4.69, 9.17) is 4.99 Å². The van der Waals surface area contributed by atoms with Crippen molar-refractivity contribution in [2.45, 2.75) is 26.4 Å². The van der Waals surface area contributed by atoms with E-state index in [1.54, 1.807) is 6.20 Å². The van der Waals surface area contributed by atoms with Crippen molar-refractivity contribution >= 4 is 11.8 Å². The zero-order valence-corrected chi connectivity index (χ0v) is 17.5. The first-order chi connectivity index (χ1) is 14.1. The molecule has 7 nitrogen and oxygen atoms in total. The number of hydrogen-bond donors (Lipinski definition) is 2. The molecule has 0 saturated carbocycles. The minimum Gasteiger partial charge on any atom is -0.363 e. The third kappa shape index (κ3) is 5.57. The topological polar surface area (TPSA) is 70.4 Å². The fourth-order valence-electron chi connectivity index (χ4n) is 2.93. The maximum absolute atomic E-state index is 4.72. The first kappa shape index (κ1) is 20.4. The monoisotopic (exact) mass is 391 g/mol. The van der Waals surface area contributed by atoms with Gasteiger partial charge in [0.1, 0.15) is 5.82 Å². The first-order valence-electron chi connectivity index (χ1n) is 9.85. The Morgan fingerprint density at radius 2 is 2.00 bits per heavy atom. The van der Waals surface area contributed by atoms with Crippen LogP contribution in [-0.4, -0.2) is 41.4 Å². The summed E-state index contributed by atoms with van der Waals surface area (Å²) >= 11 is 0. The van der Waals surface area contributed by atoms with Crippen molar-refractivity contribution in [3.05, 3.63) is 72.2 Å². The molecule has 7 heteroatoms. The molecule has 0 aliphatic heterocycles. The van der Waals surface area contributed by atoms with Crippen molar-refractivity contribution in [3.8, 4) is 5.69 Å². The normalized spacial score (nSPS) is 12.5. The van der Waals surface area contributed by atoms with Gasteiger partial charge in [-0.2, -0.15) is 5.10 Å². The second-order valence-corrected chi connectivity index (χ2v) is 6.99. The molecular weight excluding hydrogens is 362 g/mol. The Labute approximate surface area is 172 Å². The summed E-state index contributed by atoms with van der Waals surface area (Å²) in [6.45, 7) is 5.49. The fraction of sp³-hybridized carbons (Fsp3) is 0.318. The fourth-order valence-corrected chi connectivity index (χ4v) is 2.93. The Balaban J connectivity index is 1.72. The molecular formula is C22H29N7. The lowest BCUT2D eigenvalue weighted by atomic mass is 10.1. The summed E-state index contributed by atoms with van der Waals surface area (Å²) in [5.74, 6) is 1.70. The van der Waals surface area contributed by atoms with Crippen molar-refractivity contribution in [1.29, 1.82) is 0 Å². The molecule has 2 aromatic heterocycles. The van der Waals surface area contributed by atoms with Gasteiger partial charge in [-0.05, 0) is 49.7 Å². The molecule has 2 heterocycles. The average molecular weight is 392 g/mol. The van der Waals surface area contributed by atoms with Gasteiger partial charge >= 0.3 is 0 Å². The number of benzene rings is 1. The summed E-state index contributed by atoms with van der Waals surface area (Å²) in [7, 11) is 3.97. The highest BCUT2D eigenvalue weighted by Crippen LogP contribution is 2.16. The maximum atomic E-state index is 4.72. The molecule has 0 radical (unpaired) electrons. The standard InChI is InChI=1S/C22H29N7/c1-5-23-22(24-16-19-10-7-12-21(27-19)28(3)4)26-17(2)18-9-6-11-20(15-18)29-14-8-13-25-29/h6-15,17H,5,16H2,1-4H3,(H2,23,24,26). The molecule has 0 saturated heterocycles. The van der Waals surface area contributed by atoms with Crippen molar-refractivity contribution in [2.24, 2.45) is 4.99 Å². The van der Waals surface area contributed by atoms with Crippen LogP contribution >= 0.6 is 0 Å². The van der Waals surface area contributed by atoms with Crippen LogP contribution in [0.5, 0.6) is 0 Å². The van der Waals surface area contributed by atoms with E-state index >= 15 is 0 Å². The smallest absolute Gasteiger partial charge is 0.192 e. The number of anilines is 1. The van der Waals surface area contributed by atoms with Gasteiger partial charge in [0.25, 0.3) is 0 Å². The third-order valence-electron chi connectivity index (χ3n) is 4.49. The first-order valence-corrected chi connectivity index (χ1v) is 9.85. The van der Waals surface area contributed by atoms with Crippen molar-refractivity contribution < 1.29 is 0 Å². The average Bonchev–Trinajstić information content (AvgIpc) is 3.27. The van der Waals surface area contributed by atoms with E-state index in [2.05, 4.69) is 46.7 Å². The Hall–Kier alpha value is -3.35. The zero-order chi connectivity index (χ0) is 20.6. The molecule has 1 atom stereocenters. The number of pyridine rings is 1. The molecule has 0 aliphatic rings. The Kier molecular flexibility index (Phi) is 6.84. The van der Waals surface area contributed by atoms with Crippen molar-refractivity contribution in [2.75, 3.05) is 25.5 Å². The minimum absolute atomic E-state index is 0.0874. The van der Waals surface area contributed by atoms with E-state index in [0.29, 0.717) is 6.54 Å². The van der Waals surface area contributed by atoms with Crippen LogP contribution in [0.25, 0.3) is 5.69 Å². The van der Waals surface area contributed by atoms with Crippen molar-refractivity contribution in [1.82, 2.24) is 25.4 Å². The van der Waals surface area contributed by atoms with Crippen LogP contribution in [0.4, 0.5) is 5.82 Å². The molecule has 3 aromatic rings. The van der Waals surface area contributed by atoms with Gasteiger partial charge in [0.05, 0.1) is 24.0 Å². The van der Waals surface area contributed by atoms with Crippen LogP contribution in [0.2, 0.25) is 0 Å². The molecule has 1 unspecified atom stereocenters. The van der Waals surface area contributed by atoms with Gasteiger partial charge in [0.2, 0.25) is 0 Å². The van der Waals surface area contributed by atoms with Gasteiger partial charge in [0.15, 0.2) is 5.96 Å². The van der Waals surface area contributed by atoms with Gasteiger partial charge in [-0.15, -0.1) is 0 Å². The molecule has 0 aliphatic carbocycles. The summed E-state index contributed by atoms with van der Waals surface area (Å²) in [5, 5.41) is 11.1. The zero-order valence-electron chi connectivity index (χ0n) is 17.5. The predicted molar refractivity (Wildman–Crippen MR) is 118 cm³/mol. The van der Waals surface area contributed by atoms with Crippen LogP contribution in [0, 0.1) is 0 Å².